The van der Waals surface area contributed by atoms with Gasteiger partial charge in [0, 0.05) is 6.08 Å². The number of rotatable bonds is 15. The molecule has 0 radical (unpaired) electrons. The molecular weight excluding hydrogens is 480 g/mol. The number of carbonyl (C=O) groups is 1. The average Bonchev–Trinajstić information content (AvgIpc) is 2.87. The number of hydrogen-bond acceptors (Lipinski definition) is 6. The number of hydrogen-bond donors (Lipinski definition) is 2. The Morgan fingerprint density at radius 3 is 2.74 bits per heavy atom. The molecule has 0 aromatic heterocycles. The predicted molar refractivity (Wildman–Crippen MR) is 153 cm³/mol. The molecule has 2 unspecified atom stereocenters. The van der Waals surface area contributed by atoms with Gasteiger partial charge in [-0.25, -0.2) is 4.79 Å². The number of carbonyl (C=O) groups excluding carboxylic acids is 1. The summed E-state index contributed by atoms with van der Waals surface area (Å²) in [7, 11) is 0. The third-order valence-electron chi connectivity index (χ3n) is 7.48. The summed E-state index contributed by atoms with van der Waals surface area (Å²) < 4.78 is 17.6. The average molecular weight is 531 g/mol. The van der Waals surface area contributed by atoms with Crippen LogP contribution in [0.25, 0.3) is 0 Å². The molecule has 8 atom stereocenters. The Balaban J connectivity index is 1.78. The number of esters is 1. The van der Waals surface area contributed by atoms with Crippen LogP contribution in [0.1, 0.15) is 79.1 Å². The Hall–Kier alpha value is -1.99. The van der Waals surface area contributed by atoms with Gasteiger partial charge in [0.25, 0.3) is 0 Å². The molecule has 0 saturated carbocycles. The molecule has 0 bridgehead atoms. The summed E-state index contributed by atoms with van der Waals surface area (Å²) in [6.45, 7) is 16.7. The Kier molecular flexibility index (Phi) is 14.3. The van der Waals surface area contributed by atoms with E-state index in [1.807, 2.05) is 19.1 Å². The van der Waals surface area contributed by atoms with Crippen LogP contribution in [0.2, 0.25) is 0 Å². The van der Waals surface area contributed by atoms with Crippen LogP contribution in [0.4, 0.5) is 0 Å². The van der Waals surface area contributed by atoms with Crippen LogP contribution in [0.15, 0.2) is 60.8 Å². The van der Waals surface area contributed by atoms with Crippen molar-refractivity contribution in [3.05, 3.63) is 60.8 Å². The first-order valence-electron chi connectivity index (χ1n) is 14.2. The van der Waals surface area contributed by atoms with Gasteiger partial charge in [-0.05, 0) is 70.1 Å². The number of ether oxygens (including phenoxy) is 3. The van der Waals surface area contributed by atoms with Crippen LogP contribution >= 0.6 is 0 Å². The summed E-state index contributed by atoms with van der Waals surface area (Å²) in [5.41, 5.74) is 2.31. The molecular formula is C32H50O6. The SMILES string of the molecule is C=C[C@@H](O)CC(=C)CC(C)C[C@@H]1CCC(C)[C@@H](C/C=C\C(=O)O[C@@H](CC)[C@@H](O)/C=C/[C@@H]2CC(C)=CCO2)O1. The highest BCUT2D eigenvalue weighted by molar-refractivity contribution is 5.82. The summed E-state index contributed by atoms with van der Waals surface area (Å²) in [6.07, 6.45) is 15.0. The second kappa shape index (κ2) is 16.9. The fraction of sp³-hybridized carbons (Fsp3) is 0.656. The summed E-state index contributed by atoms with van der Waals surface area (Å²) in [5.74, 6) is 0.377. The second-order valence-corrected chi connectivity index (χ2v) is 11.2. The quantitative estimate of drug-likeness (QED) is 0.153. The van der Waals surface area contributed by atoms with E-state index in [9.17, 15) is 15.0 Å². The molecule has 2 rings (SSSR count). The Morgan fingerprint density at radius 2 is 2.05 bits per heavy atom. The minimum absolute atomic E-state index is 0.0549. The lowest BCUT2D eigenvalue weighted by Gasteiger charge is -2.35. The smallest absolute Gasteiger partial charge is 0.330 e. The summed E-state index contributed by atoms with van der Waals surface area (Å²) in [4.78, 5) is 12.5. The summed E-state index contributed by atoms with van der Waals surface area (Å²) in [6, 6.07) is 0. The Bertz CT molecular complexity index is 843. The second-order valence-electron chi connectivity index (χ2n) is 11.2. The van der Waals surface area contributed by atoms with Crippen LogP contribution in [0, 0.1) is 11.8 Å². The standard InChI is InChI=1S/C32H50O6/c1-7-26(33)19-23(4)18-24(5)21-28-13-12-25(6)31(37-28)10-9-11-32(35)38-30(8-2)29(34)15-14-27-20-22(3)16-17-36-27/h7,9,11,14-16,24-31,33-34H,1,4,8,10,12-13,17-21H2,2-3,5-6H3/b11-9-,15-14+/t24?,25?,26-,27-,28+,29+,30+,31-/m1/s1. The zero-order valence-electron chi connectivity index (χ0n) is 23.9. The molecule has 0 aromatic carbocycles. The zero-order chi connectivity index (χ0) is 28.1. The first-order chi connectivity index (χ1) is 18.1. The maximum Gasteiger partial charge on any atom is 0.330 e. The fourth-order valence-electron chi connectivity index (χ4n) is 5.17. The van der Waals surface area contributed by atoms with Crippen LogP contribution in [0.5, 0.6) is 0 Å². The van der Waals surface area contributed by atoms with Gasteiger partial charge in [0.15, 0.2) is 0 Å². The van der Waals surface area contributed by atoms with E-state index in [1.54, 1.807) is 12.2 Å². The predicted octanol–water partition coefficient (Wildman–Crippen LogP) is 6.00. The molecule has 0 aromatic rings. The maximum absolute atomic E-state index is 12.5. The third kappa shape index (κ3) is 11.8. The van der Waals surface area contributed by atoms with Crippen molar-refractivity contribution in [3.8, 4) is 0 Å². The molecule has 6 nitrogen and oxygen atoms in total. The van der Waals surface area contributed by atoms with Crippen LogP contribution in [0.3, 0.4) is 0 Å². The lowest BCUT2D eigenvalue weighted by atomic mass is 9.86. The van der Waals surface area contributed by atoms with Gasteiger partial charge in [0.1, 0.15) is 12.2 Å². The topological polar surface area (TPSA) is 85.2 Å². The third-order valence-corrected chi connectivity index (χ3v) is 7.48. The highest BCUT2D eigenvalue weighted by atomic mass is 16.6. The van der Waals surface area contributed by atoms with E-state index in [1.165, 1.54) is 11.6 Å². The van der Waals surface area contributed by atoms with E-state index < -0.39 is 24.3 Å². The van der Waals surface area contributed by atoms with Gasteiger partial charge >= 0.3 is 5.97 Å². The van der Waals surface area contributed by atoms with E-state index in [4.69, 9.17) is 14.2 Å². The van der Waals surface area contributed by atoms with E-state index in [0.29, 0.717) is 37.7 Å². The first kappa shape index (κ1) is 32.2. The molecule has 0 amide bonds. The molecule has 1 fully saturated rings. The van der Waals surface area contributed by atoms with Crippen LogP contribution in [-0.4, -0.2) is 59.4 Å². The highest BCUT2D eigenvalue weighted by Gasteiger charge is 2.29. The monoisotopic (exact) mass is 530 g/mol. The van der Waals surface area contributed by atoms with Crippen molar-refractivity contribution in [1.29, 1.82) is 0 Å². The molecule has 2 N–H and O–H groups in total. The van der Waals surface area contributed by atoms with E-state index >= 15 is 0 Å². The van der Waals surface area contributed by atoms with Crippen molar-refractivity contribution >= 4 is 5.97 Å². The zero-order valence-corrected chi connectivity index (χ0v) is 23.9. The fourth-order valence-corrected chi connectivity index (χ4v) is 5.17. The van der Waals surface area contributed by atoms with Gasteiger partial charge in [-0.15, -0.1) is 6.58 Å². The normalized spacial score (nSPS) is 27.5. The van der Waals surface area contributed by atoms with Crippen LogP contribution in [-0.2, 0) is 19.0 Å². The lowest BCUT2D eigenvalue weighted by molar-refractivity contribution is -0.147. The molecule has 0 aliphatic carbocycles. The van der Waals surface area contributed by atoms with Gasteiger partial charge in [-0.2, -0.15) is 0 Å². The van der Waals surface area contributed by atoms with Crippen molar-refractivity contribution in [2.45, 2.75) is 116 Å². The van der Waals surface area contributed by atoms with Gasteiger partial charge in [0.2, 0.25) is 0 Å². The van der Waals surface area contributed by atoms with E-state index in [2.05, 4.69) is 40.0 Å². The molecule has 2 aliphatic heterocycles. The van der Waals surface area contributed by atoms with Crippen molar-refractivity contribution < 1.29 is 29.2 Å². The van der Waals surface area contributed by atoms with Crippen LogP contribution < -0.4 is 0 Å². The van der Waals surface area contributed by atoms with Gasteiger partial charge < -0.3 is 24.4 Å². The van der Waals surface area contributed by atoms with Gasteiger partial charge in [-0.3, -0.25) is 0 Å². The molecule has 2 heterocycles. The van der Waals surface area contributed by atoms with Crippen molar-refractivity contribution in [3.63, 3.8) is 0 Å². The molecule has 0 spiro atoms. The van der Waals surface area contributed by atoms with E-state index in [-0.39, 0.29) is 18.3 Å². The maximum atomic E-state index is 12.5. The minimum Gasteiger partial charge on any atom is -0.456 e. The number of aliphatic hydroxyl groups is 2. The molecule has 38 heavy (non-hydrogen) atoms. The summed E-state index contributed by atoms with van der Waals surface area (Å²) in [5, 5.41) is 20.3. The molecule has 1 saturated heterocycles. The Morgan fingerprint density at radius 1 is 1.29 bits per heavy atom. The Labute approximate surface area is 230 Å². The first-order valence-corrected chi connectivity index (χ1v) is 14.2. The molecule has 214 valence electrons. The van der Waals surface area contributed by atoms with Gasteiger partial charge in [0.05, 0.1) is 31.0 Å². The van der Waals surface area contributed by atoms with Gasteiger partial charge in [-0.1, -0.05) is 68.9 Å². The lowest BCUT2D eigenvalue weighted by Crippen LogP contribution is -2.34. The summed E-state index contributed by atoms with van der Waals surface area (Å²) >= 11 is 0. The minimum atomic E-state index is -0.882. The van der Waals surface area contributed by atoms with Crippen molar-refractivity contribution in [1.82, 2.24) is 0 Å². The molecule has 6 heteroatoms. The van der Waals surface area contributed by atoms with Crippen molar-refractivity contribution in [2.75, 3.05) is 6.61 Å². The van der Waals surface area contributed by atoms with Crippen molar-refractivity contribution in [2.24, 2.45) is 11.8 Å². The highest BCUT2D eigenvalue weighted by Crippen LogP contribution is 2.31. The molecule has 2 aliphatic rings. The largest absolute Gasteiger partial charge is 0.456 e. The van der Waals surface area contributed by atoms with E-state index in [0.717, 1.165) is 37.7 Å². The number of aliphatic hydroxyl groups excluding tert-OH is 2.